The minimum Gasteiger partial charge on any atom is -0.376 e. The number of anilines is 1. The van der Waals surface area contributed by atoms with Crippen LogP contribution < -0.4 is 5.32 Å². The van der Waals surface area contributed by atoms with Crippen LogP contribution in [0.5, 0.6) is 0 Å². The number of carbonyl (C=O) groups is 2. The summed E-state index contributed by atoms with van der Waals surface area (Å²) in [4.78, 5) is 33.5. The van der Waals surface area contributed by atoms with E-state index in [1.807, 2.05) is 64.7 Å². The average Bonchev–Trinajstić information content (AvgIpc) is 3.71. The molecule has 2 aromatic heterocycles. The third-order valence-electron chi connectivity index (χ3n) is 6.67. The number of nitrogens with one attached hydrogen (secondary N) is 1. The van der Waals surface area contributed by atoms with Gasteiger partial charge in [-0.1, -0.05) is 62.4 Å². The maximum atomic E-state index is 13.3. The zero-order valence-electron chi connectivity index (χ0n) is 21.7. The van der Waals surface area contributed by atoms with Crippen LogP contribution in [-0.4, -0.2) is 52.1 Å². The van der Waals surface area contributed by atoms with Crippen LogP contribution in [-0.2, 0) is 9.53 Å². The Balaban J connectivity index is 1.41. The highest BCUT2D eigenvalue weighted by Crippen LogP contribution is 2.26. The monoisotopic (exact) mass is 528 g/mol. The Morgan fingerprint density at radius 1 is 1.11 bits per heavy atom. The first-order chi connectivity index (χ1) is 18.5. The van der Waals surface area contributed by atoms with Gasteiger partial charge in [0.05, 0.1) is 16.7 Å². The van der Waals surface area contributed by atoms with Crippen LogP contribution in [0.1, 0.15) is 47.8 Å². The van der Waals surface area contributed by atoms with Gasteiger partial charge >= 0.3 is 0 Å². The average molecular weight is 529 g/mol. The summed E-state index contributed by atoms with van der Waals surface area (Å²) in [6.45, 7) is 5.30. The second-order valence-electron chi connectivity index (χ2n) is 9.78. The zero-order chi connectivity index (χ0) is 26.5. The fraction of sp³-hybridized carbons (Fsp3) is 0.300. The van der Waals surface area contributed by atoms with Gasteiger partial charge in [0, 0.05) is 30.6 Å². The van der Waals surface area contributed by atoms with Crippen molar-refractivity contribution in [2.45, 2.75) is 38.7 Å². The third kappa shape index (κ3) is 6.03. The lowest BCUT2D eigenvalue weighted by Crippen LogP contribution is -2.42. The van der Waals surface area contributed by atoms with Crippen molar-refractivity contribution >= 4 is 29.1 Å². The van der Waals surface area contributed by atoms with Crippen LogP contribution in [0, 0.1) is 0 Å². The largest absolute Gasteiger partial charge is 0.376 e. The molecule has 5 rings (SSSR count). The molecule has 8 heteroatoms. The van der Waals surface area contributed by atoms with Crippen LogP contribution in [0.2, 0.25) is 0 Å². The summed E-state index contributed by atoms with van der Waals surface area (Å²) >= 11 is 1.37. The summed E-state index contributed by atoms with van der Waals surface area (Å²) in [5.74, 6) is 0.356. The first-order valence-electron chi connectivity index (χ1n) is 13.0. The molecule has 196 valence electrons. The number of thiophene rings is 1. The van der Waals surface area contributed by atoms with Crippen LogP contribution in [0.25, 0.3) is 16.9 Å². The molecule has 1 saturated heterocycles. The van der Waals surface area contributed by atoms with Gasteiger partial charge in [0.25, 0.3) is 5.91 Å². The fourth-order valence-electron chi connectivity index (χ4n) is 4.58. The molecule has 1 fully saturated rings. The number of ether oxygens (including phenoxy) is 1. The Kier molecular flexibility index (Phi) is 8.00. The standard InChI is InChI=1S/C30H32N4O3S/c1-21(2)22-12-14-24(15-13-22)34-19-26(23-8-4-3-5-9-23)31-30(34)32-28(35)20-33(18-25-10-6-16-37-25)29(36)27-11-7-17-38-27/h3-5,7-9,11-15,17,19,21,25H,6,10,16,18,20H2,1-2H3,(H,31,32,35). The summed E-state index contributed by atoms with van der Waals surface area (Å²) in [7, 11) is 0. The molecule has 3 heterocycles. The maximum absolute atomic E-state index is 13.3. The second-order valence-corrected chi connectivity index (χ2v) is 10.7. The van der Waals surface area contributed by atoms with Gasteiger partial charge in [-0.3, -0.25) is 19.5 Å². The van der Waals surface area contributed by atoms with Gasteiger partial charge in [-0.25, -0.2) is 4.98 Å². The summed E-state index contributed by atoms with van der Waals surface area (Å²) in [6.07, 6.45) is 3.72. The van der Waals surface area contributed by atoms with Gasteiger partial charge < -0.3 is 9.64 Å². The van der Waals surface area contributed by atoms with E-state index in [1.54, 1.807) is 11.0 Å². The highest BCUT2D eigenvalue weighted by Gasteiger charge is 2.26. The van der Waals surface area contributed by atoms with E-state index in [0.29, 0.717) is 29.9 Å². The predicted molar refractivity (Wildman–Crippen MR) is 151 cm³/mol. The van der Waals surface area contributed by atoms with Crippen LogP contribution >= 0.6 is 11.3 Å². The number of hydrogen-bond acceptors (Lipinski definition) is 5. The molecule has 0 saturated carbocycles. The fourth-order valence-corrected chi connectivity index (χ4v) is 5.27. The molecule has 0 bridgehead atoms. The van der Waals surface area contributed by atoms with Gasteiger partial charge in [-0.15, -0.1) is 11.3 Å². The smallest absolute Gasteiger partial charge is 0.264 e. The van der Waals surface area contributed by atoms with Gasteiger partial charge in [0.2, 0.25) is 11.9 Å². The molecule has 0 aliphatic carbocycles. The second kappa shape index (κ2) is 11.8. The first-order valence-corrected chi connectivity index (χ1v) is 13.9. The number of rotatable bonds is 9. The minimum absolute atomic E-state index is 0.0575. The molecule has 7 nitrogen and oxygen atoms in total. The highest BCUT2D eigenvalue weighted by molar-refractivity contribution is 7.12. The summed E-state index contributed by atoms with van der Waals surface area (Å²) < 4.78 is 7.65. The van der Waals surface area contributed by atoms with Gasteiger partial charge in [-0.2, -0.15) is 0 Å². The van der Waals surface area contributed by atoms with Crippen LogP contribution in [0.4, 0.5) is 5.95 Å². The topological polar surface area (TPSA) is 76.5 Å². The Morgan fingerprint density at radius 2 is 1.89 bits per heavy atom. The van der Waals surface area contributed by atoms with Gasteiger partial charge in [0.15, 0.2) is 0 Å². The quantitative estimate of drug-likeness (QED) is 0.290. The number of carbonyl (C=O) groups excluding carboxylic acids is 2. The molecule has 1 aliphatic heterocycles. The van der Waals surface area contributed by atoms with Crippen LogP contribution in [0.15, 0.2) is 78.3 Å². The number of imidazole rings is 1. The Morgan fingerprint density at radius 3 is 2.55 bits per heavy atom. The molecule has 0 spiro atoms. The number of nitrogens with zero attached hydrogens (tertiary/aromatic N) is 3. The minimum atomic E-state index is -0.307. The van der Waals surface area contributed by atoms with E-state index in [2.05, 4.69) is 31.3 Å². The normalized spacial score (nSPS) is 15.1. The Hall–Kier alpha value is -3.75. The predicted octanol–water partition coefficient (Wildman–Crippen LogP) is 5.98. The molecule has 4 aromatic rings. The molecule has 1 aliphatic rings. The van der Waals surface area contributed by atoms with Crippen molar-refractivity contribution in [3.05, 3.63) is 88.7 Å². The third-order valence-corrected chi connectivity index (χ3v) is 7.52. The van der Waals surface area contributed by atoms with Crippen molar-refractivity contribution < 1.29 is 14.3 Å². The van der Waals surface area contributed by atoms with Crippen molar-refractivity contribution in [2.24, 2.45) is 0 Å². The van der Waals surface area contributed by atoms with Gasteiger partial charge in [-0.05, 0) is 47.9 Å². The van der Waals surface area contributed by atoms with E-state index in [9.17, 15) is 9.59 Å². The summed E-state index contributed by atoms with van der Waals surface area (Å²) in [5, 5.41) is 4.84. The van der Waals surface area contributed by atoms with Crippen molar-refractivity contribution in [2.75, 3.05) is 25.0 Å². The Labute approximate surface area is 227 Å². The number of benzene rings is 2. The number of amides is 2. The molecule has 1 N–H and O–H groups in total. The number of aromatic nitrogens is 2. The van der Waals surface area contributed by atoms with E-state index < -0.39 is 0 Å². The maximum Gasteiger partial charge on any atom is 0.264 e. The van der Waals surface area contributed by atoms with E-state index in [0.717, 1.165) is 29.8 Å². The molecule has 0 radical (unpaired) electrons. The van der Waals surface area contributed by atoms with E-state index >= 15 is 0 Å². The zero-order valence-corrected chi connectivity index (χ0v) is 22.5. The van der Waals surface area contributed by atoms with Crippen molar-refractivity contribution in [3.8, 4) is 16.9 Å². The van der Waals surface area contributed by atoms with Crippen molar-refractivity contribution in [1.29, 1.82) is 0 Å². The van der Waals surface area contributed by atoms with Crippen molar-refractivity contribution in [3.63, 3.8) is 0 Å². The molecular formula is C30H32N4O3S. The number of hydrogen-bond donors (Lipinski definition) is 1. The molecule has 1 unspecified atom stereocenters. The van der Waals surface area contributed by atoms with E-state index in [4.69, 9.17) is 9.72 Å². The first kappa shape index (κ1) is 25.9. The van der Waals surface area contributed by atoms with Crippen molar-refractivity contribution in [1.82, 2.24) is 14.5 Å². The molecule has 2 amide bonds. The molecule has 1 atom stereocenters. The van der Waals surface area contributed by atoms with E-state index in [1.165, 1.54) is 16.9 Å². The molecule has 38 heavy (non-hydrogen) atoms. The summed E-state index contributed by atoms with van der Waals surface area (Å²) in [6, 6.07) is 21.7. The van der Waals surface area contributed by atoms with Crippen LogP contribution in [0.3, 0.4) is 0 Å². The molecular weight excluding hydrogens is 496 g/mol. The highest BCUT2D eigenvalue weighted by atomic mass is 32.1. The Bertz CT molecular complexity index is 1360. The lowest BCUT2D eigenvalue weighted by atomic mass is 10.0. The molecule has 2 aromatic carbocycles. The van der Waals surface area contributed by atoms with E-state index in [-0.39, 0.29) is 24.5 Å². The SMILES string of the molecule is CC(C)c1ccc(-n2cc(-c3ccccc3)nc2NC(=O)CN(CC2CCCO2)C(=O)c2cccs2)cc1. The summed E-state index contributed by atoms with van der Waals surface area (Å²) in [5.41, 5.74) is 3.83. The van der Waals surface area contributed by atoms with Gasteiger partial charge in [0.1, 0.15) is 6.54 Å². The lowest BCUT2D eigenvalue weighted by Gasteiger charge is -2.24. The lowest BCUT2D eigenvalue weighted by molar-refractivity contribution is -0.117.